The molecule has 25 nitrogen and oxygen atoms in total. The van der Waals surface area contributed by atoms with Gasteiger partial charge in [0.2, 0.25) is 11.8 Å². The Kier molecular flexibility index (Phi) is 25.7. The van der Waals surface area contributed by atoms with E-state index in [1.807, 2.05) is 109 Å². The van der Waals surface area contributed by atoms with E-state index in [0.717, 1.165) is 146 Å². The van der Waals surface area contributed by atoms with Crippen LogP contribution in [0.15, 0.2) is 132 Å². The molecule has 0 aliphatic carbocycles. The first-order valence-electron chi connectivity index (χ1n) is 41.2. The highest BCUT2D eigenvalue weighted by Gasteiger charge is 2.39. The van der Waals surface area contributed by atoms with Gasteiger partial charge in [-0.3, -0.25) is 48.3 Å². The van der Waals surface area contributed by atoms with Crippen LogP contribution >= 0.6 is 0 Å². The average molecular weight is 1530 g/mol. The third-order valence-corrected chi connectivity index (χ3v) is 25.0. The lowest BCUT2D eigenvalue weighted by Crippen LogP contribution is -2.59. The number of allylic oxidation sites excluding steroid dienone is 2. The fourth-order valence-electron chi connectivity index (χ4n) is 18.5. The Morgan fingerprint density at radius 3 is 1.25 bits per heavy atom. The molecule has 0 spiro atoms. The molecule has 4 aromatic carbocycles. The van der Waals surface area contributed by atoms with Crippen LogP contribution in [0.2, 0.25) is 0 Å². The minimum Gasteiger partial charge on any atom is -0.410 e. The van der Waals surface area contributed by atoms with Crippen LogP contribution in [-0.4, -0.2) is 242 Å². The molecular weight excluding hydrogens is 1410 g/mol. The summed E-state index contributed by atoms with van der Waals surface area (Å²) in [7, 11) is 4.34. The van der Waals surface area contributed by atoms with E-state index in [1.165, 1.54) is 0 Å². The molecule has 6 fully saturated rings. The van der Waals surface area contributed by atoms with Gasteiger partial charge in [-0.2, -0.15) is 10.2 Å². The van der Waals surface area contributed by atoms with Crippen molar-refractivity contribution in [3.05, 3.63) is 177 Å². The molecule has 14 rings (SSSR count). The number of likely N-dealkylation sites (tertiary alicyclic amines) is 4. The monoisotopic (exact) mass is 1530 g/mol. The topological polar surface area (TPSA) is 255 Å². The maximum Gasteiger partial charge on any atom is 0.512 e. The normalized spacial score (nSPS) is 19.1. The number of urea groups is 2. The summed E-state index contributed by atoms with van der Waals surface area (Å²) in [5.41, 5.74) is 7.35. The van der Waals surface area contributed by atoms with Crippen LogP contribution in [-0.2, 0) is 31.9 Å². The summed E-state index contributed by atoms with van der Waals surface area (Å²) < 4.78 is 16.3. The maximum absolute atomic E-state index is 15.6. The second kappa shape index (κ2) is 36.4. The Morgan fingerprint density at radius 2 is 0.866 bits per heavy atom. The van der Waals surface area contributed by atoms with Gasteiger partial charge in [-0.15, -0.1) is 13.2 Å². The first-order chi connectivity index (χ1) is 54.4. The number of aromatic amines is 2. The Labute approximate surface area is 656 Å². The molecule has 6 aliphatic rings. The first-order valence-corrected chi connectivity index (χ1v) is 41.2. The van der Waals surface area contributed by atoms with Crippen molar-refractivity contribution >= 4 is 73.6 Å². The van der Waals surface area contributed by atoms with Gasteiger partial charge in [0, 0.05) is 138 Å². The first kappa shape index (κ1) is 79.0. The van der Waals surface area contributed by atoms with Crippen molar-refractivity contribution in [3.63, 3.8) is 0 Å². The largest absolute Gasteiger partial charge is 0.512 e. The molecular formula is C87H114N16O9. The van der Waals surface area contributed by atoms with E-state index < -0.39 is 30.7 Å². The molecule has 6 aliphatic heterocycles. The van der Waals surface area contributed by atoms with E-state index in [4.69, 9.17) is 9.47 Å². The number of pyridine rings is 2. The molecule has 0 unspecified atom stereocenters. The molecule has 6 saturated heterocycles. The lowest BCUT2D eigenvalue weighted by atomic mass is 9.89. The highest BCUT2D eigenvalue weighted by Crippen LogP contribution is 2.35. The number of nitrogens with zero attached hydrogens (tertiary/aromatic N) is 12. The number of piperazine rings is 2. The maximum atomic E-state index is 15.6. The number of hydrogen-bond donors (Lipinski definition) is 4. The Morgan fingerprint density at radius 1 is 0.482 bits per heavy atom. The molecule has 8 aromatic rings. The van der Waals surface area contributed by atoms with Gasteiger partial charge in [-0.1, -0.05) is 60.7 Å². The molecule has 4 atom stereocenters. The summed E-state index contributed by atoms with van der Waals surface area (Å²) in [5.74, 6) is -0.731. The lowest BCUT2D eigenvalue weighted by molar-refractivity contribution is -0.136. The average Bonchev–Trinajstić information content (AvgIpc) is 0.897. The van der Waals surface area contributed by atoms with E-state index in [0.29, 0.717) is 151 Å². The molecule has 0 saturated carbocycles. The van der Waals surface area contributed by atoms with Gasteiger partial charge in [0.25, 0.3) is 11.1 Å². The van der Waals surface area contributed by atoms with E-state index >= 15 is 14.4 Å². The zero-order valence-electron chi connectivity index (χ0n) is 66.0. The quantitative estimate of drug-likeness (QED) is 0.0223. The minimum absolute atomic E-state index is 0.100. The van der Waals surface area contributed by atoms with Crippen LogP contribution < -0.4 is 21.8 Å². The van der Waals surface area contributed by atoms with E-state index in [-0.39, 0.29) is 59.7 Å². The Balaban J connectivity index is 0.672. The molecule has 6 amide bonds. The van der Waals surface area contributed by atoms with Crippen molar-refractivity contribution < 1.29 is 33.4 Å². The number of unbranched alkanes of at least 4 members (excludes halogenated alkanes) is 4. The number of aromatic nitrogens is 6. The van der Waals surface area contributed by atoms with Crippen LogP contribution in [0.4, 0.5) is 14.4 Å². The Hall–Kier alpha value is -9.69. The summed E-state index contributed by atoms with van der Waals surface area (Å²) in [6, 6.07) is 26.0. The number of H-pyrrole nitrogens is 2. The fourth-order valence-corrected chi connectivity index (χ4v) is 18.5. The van der Waals surface area contributed by atoms with Crippen molar-refractivity contribution in [3.8, 4) is 0 Å². The third kappa shape index (κ3) is 18.3. The van der Waals surface area contributed by atoms with E-state index in [2.05, 4.69) is 90.0 Å². The molecule has 0 radical (unpaired) electrons. The van der Waals surface area contributed by atoms with Crippen molar-refractivity contribution in [2.75, 3.05) is 119 Å². The zero-order chi connectivity index (χ0) is 77.9. The van der Waals surface area contributed by atoms with E-state index in [9.17, 15) is 19.2 Å². The predicted molar refractivity (Wildman–Crippen MR) is 438 cm³/mol. The van der Waals surface area contributed by atoms with Gasteiger partial charge in [-0.05, 0) is 225 Å². The number of amides is 6. The zero-order valence-corrected chi connectivity index (χ0v) is 66.0. The second-order valence-corrected chi connectivity index (χ2v) is 32.4. The second-order valence-electron chi connectivity index (χ2n) is 32.4. The van der Waals surface area contributed by atoms with Crippen molar-refractivity contribution in [1.29, 1.82) is 0 Å². The number of carbonyl (C=O) groups excluding carboxylic acids is 5. The number of ether oxygens (including phenoxy) is 2. The number of nitrogens with one attached hydrogen (secondary N) is 4. The van der Waals surface area contributed by atoms with Crippen molar-refractivity contribution in [2.45, 2.75) is 178 Å². The molecule has 4 aromatic heterocycles. The van der Waals surface area contributed by atoms with Crippen LogP contribution in [0, 0.1) is 13.8 Å². The summed E-state index contributed by atoms with van der Waals surface area (Å²) in [6.07, 6.45) is 15.5. The summed E-state index contributed by atoms with van der Waals surface area (Å²) in [5, 5.41) is 24.6. The number of piperidine rings is 4. The number of para-hydroxylation sites is 2. The number of aryl methyl sites for hydroxylation is 2. The standard InChI is InChI=1S/C87H114N16O9/c1-7-9-11-13-23-77(102-75-21-17-15-19-65(75)55-71(81(102)104)63-25-37-100(38-26-63)85(108)90-73(53-61-49-59(3)79-67(51-61)57-88-92-79)83(106)98-45-41-96(42-46-98)69-29-33-94(5)34-30-69)111-87(110)112-78(24-14-12-10-8-2)103-76-22-18-16-20-66(76)56-72(82(103)105)64-27-39-101(40-28-64)86(109)91-74(54-62-50-60(4)80-68(52-62)58-89-93-80)84(107)99-47-43-97(44-48-99)70-31-35-95(6)36-32-70/h7-8,15-22,49-52,55-58,63-64,69-70,73-74,77-78H,1-2,9-14,23-48,53-54H2,3-6H3,(H,88,92)(H,89,93)(H,90,108)(H,91,109)/t73-,74-,77-,78-/m1/s1. The van der Waals surface area contributed by atoms with Gasteiger partial charge in [0.05, 0.1) is 34.5 Å². The van der Waals surface area contributed by atoms with Gasteiger partial charge in [0.1, 0.15) is 12.1 Å². The van der Waals surface area contributed by atoms with Gasteiger partial charge >= 0.3 is 18.2 Å². The number of benzene rings is 4. The van der Waals surface area contributed by atoms with Crippen LogP contribution in [0.1, 0.15) is 160 Å². The molecule has 0 bridgehead atoms. The lowest BCUT2D eigenvalue weighted by Gasteiger charge is -2.43. The highest BCUT2D eigenvalue weighted by atomic mass is 16.7. The van der Waals surface area contributed by atoms with Gasteiger partial charge in [-0.25, -0.2) is 14.4 Å². The molecule has 4 N–H and O–H groups in total. The number of rotatable bonds is 26. The minimum atomic E-state index is -1.12. The summed E-state index contributed by atoms with van der Waals surface area (Å²) in [6.45, 7) is 23.0. The predicted octanol–water partition coefficient (Wildman–Crippen LogP) is 11.5. The van der Waals surface area contributed by atoms with Crippen LogP contribution in [0.3, 0.4) is 0 Å². The van der Waals surface area contributed by atoms with Gasteiger partial charge < -0.3 is 49.5 Å². The van der Waals surface area contributed by atoms with Crippen LogP contribution in [0.5, 0.6) is 0 Å². The number of hydrogen-bond acceptors (Lipinski definition) is 15. The molecule has 112 heavy (non-hydrogen) atoms. The van der Waals surface area contributed by atoms with Crippen LogP contribution in [0.25, 0.3) is 43.6 Å². The van der Waals surface area contributed by atoms with Crippen molar-refractivity contribution in [1.82, 2.24) is 79.4 Å². The Bertz CT molecular complexity index is 4470. The molecule has 10 heterocycles. The number of fused-ring (bicyclic) bond motifs is 4. The third-order valence-electron chi connectivity index (χ3n) is 25.0. The summed E-state index contributed by atoms with van der Waals surface area (Å²) >= 11 is 0. The van der Waals surface area contributed by atoms with E-state index in [1.54, 1.807) is 31.3 Å². The summed E-state index contributed by atoms with van der Waals surface area (Å²) in [4.78, 5) is 122. The molecule has 596 valence electrons. The molecule has 25 heteroatoms. The number of carbonyl (C=O) groups is 5. The fraction of sp³-hybridized carbons (Fsp3) is 0.529. The highest BCUT2D eigenvalue weighted by molar-refractivity contribution is 5.90. The smallest absolute Gasteiger partial charge is 0.410 e. The van der Waals surface area contributed by atoms with Gasteiger partial charge in [0.15, 0.2) is 12.5 Å². The van der Waals surface area contributed by atoms with Crippen molar-refractivity contribution in [2.24, 2.45) is 0 Å². The SMILES string of the molecule is C=CCCCC[C@@H](OC(=O)O[C@H](CCCCC=C)n1c(=O)c(C2CCN(C(=O)N[C@H](Cc3cc(C)c4[nH]ncc4c3)C(=O)N3CCN(C4CCN(C)CC4)CC3)CC2)cc2ccccc21)n1c(=O)c(C2CCN(C(=O)N[C@H](Cc3cc(C)c4[nH]ncc4c3)C(=O)N3CCN(C4CCN(C)CC4)CC3)CC2)cc2ccccc21.